The van der Waals surface area contributed by atoms with Crippen LogP contribution in [0.25, 0.3) is 0 Å². The Bertz CT molecular complexity index is 241. The Labute approximate surface area is 70.7 Å². The van der Waals surface area contributed by atoms with Crippen LogP contribution >= 0.6 is 0 Å². The first-order valence-corrected chi connectivity index (χ1v) is 2.84. The molecule has 0 saturated heterocycles. The summed E-state index contributed by atoms with van der Waals surface area (Å²) in [4.78, 5) is 30.3. The molecule has 0 heterocycles. The first kappa shape index (κ1) is 11.3. The van der Waals surface area contributed by atoms with Gasteiger partial charge in [-0.05, 0) is 0 Å². The first-order chi connectivity index (χ1) is 5.74. The summed E-state index contributed by atoms with van der Waals surface area (Å²) in [6.07, 6.45) is -2.93. The topological polar surface area (TPSA) is 152 Å². The molecule has 0 rings (SSSR count). The molecular formula is C5H6O8. The van der Waals surface area contributed by atoms with Crippen molar-refractivity contribution in [1.29, 1.82) is 0 Å². The number of aliphatic hydroxyl groups excluding tert-OH is 1. The molecule has 8 heteroatoms. The number of rotatable bonds is 4. The van der Waals surface area contributed by atoms with Gasteiger partial charge in [-0.15, -0.1) is 0 Å². The highest BCUT2D eigenvalue weighted by atomic mass is 16.5. The molecule has 1 unspecified atom stereocenters. The Morgan fingerprint density at radius 1 is 1.00 bits per heavy atom. The van der Waals surface area contributed by atoms with Crippen LogP contribution in [0.3, 0.4) is 0 Å². The van der Waals surface area contributed by atoms with Crippen LogP contribution in [0.4, 0.5) is 0 Å². The minimum Gasteiger partial charge on any atom is -0.479 e. The van der Waals surface area contributed by atoms with Gasteiger partial charge in [-0.1, -0.05) is 0 Å². The Hall–Kier alpha value is -1.67. The summed E-state index contributed by atoms with van der Waals surface area (Å²) in [5.74, 6) is -6.85. The normalized spacial score (nSPS) is 13.4. The molecule has 0 aliphatic heterocycles. The van der Waals surface area contributed by atoms with E-state index < -0.39 is 29.6 Å². The molecule has 1 atom stereocenters. The Kier molecular flexibility index (Phi) is 2.94. The molecule has 0 aromatic rings. The molecule has 0 fully saturated rings. The van der Waals surface area contributed by atoms with Gasteiger partial charge in [0.15, 0.2) is 0 Å². The van der Waals surface area contributed by atoms with E-state index in [0.717, 1.165) is 0 Å². The summed E-state index contributed by atoms with van der Waals surface area (Å²) in [5.41, 5.74) is -3.73. The molecule has 0 amide bonds. The van der Waals surface area contributed by atoms with Crippen molar-refractivity contribution in [2.45, 2.75) is 11.7 Å². The average molecular weight is 194 g/mol. The molecule has 0 aromatic carbocycles. The van der Waals surface area contributed by atoms with E-state index in [0.29, 0.717) is 0 Å². The van der Waals surface area contributed by atoms with Gasteiger partial charge in [-0.3, -0.25) is 0 Å². The van der Waals surface area contributed by atoms with Crippen LogP contribution in [0, 0.1) is 0 Å². The van der Waals surface area contributed by atoms with Crippen molar-refractivity contribution in [2.24, 2.45) is 0 Å². The van der Waals surface area contributed by atoms with Crippen molar-refractivity contribution in [3.63, 3.8) is 0 Å². The van der Waals surface area contributed by atoms with Crippen LogP contribution in [0.15, 0.2) is 0 Å². The second-order valence-electron chi connectivity index (χ2n) is 2.12. The van der Waals surface area contributed by atoms with Crippen molar-refractivity contribution in [2.75, 3.05) is 0 Å². The van der Waals surface area contributed by atoms with Crippen molar-refractivity contribution in [3.8, 4) is 0 Å². The zero-order valence-corrected chi connectivity index (χ0v) is 6.04. The van der Waals surface area contributed by atoms with E-state index in [9.17, 15) is 14.4 Å². The van der Waals surface area contributed by atoms with Crippen LogP contribution < -0.4 is 0 Å². The van der Waals surface area contributed by atoms with Gasteiger partial charge in [-0.25, -0.2) is 14.4 Å². The third-order valence-corrected chi connectivity index (χ3v) is 1.28. The summed E-state index contributed by atoms with van der Waals surface area (Å²) in [6, 6.07) is 0. The van der Waals surface area contributed by atoms with Gasteiger partial charge in [0, 0.05) is 0 Å². The maximum absolute atomic E-state index is 10.2. The zero-order valence-electron chi connectivity index (χ0n) is 6.04. The predicted octanol–water partition coefficient (Wildman–Crippen LogP) is -2.67. The third-order valence-electron chi connectivity index (χ3n) is 1.28. The largest absolute Gasteiger partial charge is 0.479 e. The molecule has 0 aliphatic rings. The quantitative estimate of drug-likeness (QED) is 0.304. The van der Waals surface area contributed by atoms with E-state index in [1.165, 1.54) is 0 Å². The number of aliphatic hydroxyl groups is 2. The minimum absolute atomic E-state index is 2.15. The highest BCUT2D eigenvalue weighted by Crippen LogP contribution is 2.12. The molecule has 0 bridgehead atoms. The lowest BCUT2D eigenvalue weighted by Gasteiger charge is -2.20. The number of carboxylic acids is 3. The molecule has 0 saturated carbocycles. The Morgan fingerprint density at radius 3 is 1.38 bits per heavy atom. The first-order valence-electron chi connectivity index (χ1n) is 2.84. The Balaban J connectivity index is 5.13. The smallest absolute Gasteiger partial charge is 0.351 e. The fourth-order valence-electron chi connectivity index (χ4n) is 0.504. The maximum atomic E-state index is 10.2. The number of aliphatic carboxylic acids is 3. The lowest BCUT2D eigenvalue weighted by molar-refractivity contribution is -0.195. The Morgan fingerprint density at radius 2 is 1.31 bits per heavy atom. The van der Waals surface area contributed by atoms with Gasteiger partial charge in [0.1, 0.15) is 0 Å². The van der Waals surface area contributed by atoms with Gasteiger partial charge in [0.05, 0.1) is 0 Å². The molecule has 0 spiro atoms. The molecule has 8 nitrogen and oxygen atoms in total. The maximum Gasteiger partial charge on any atom is 0.351 e. The fraction of sp³-hybridized carbons (Fsp3) is 0.400. The third kappa shape index (κ3) is 1.73. The molecule has 5 N–H and O–H groups in total. The highest BCUT2D eigenvalue weighted by Gasteiger charge is 2.55. The van der Waals surface area contributed by atoms with Crippen LogP contribution in [-0.4, -0.2) is 55.1 Å². The second kappa shape index (κ2) is 3.37. The second-order valence-corrected chi connectivity index (χ2v) is 2.12. The SMILES string of the molecule is O=C(O)C(O)C(O)(C(=O)O)C(=O)O. The predicted molar refractivity (Wildman–Crippen MR) is 33.9 cm³/mol. The summed E-state index contributed by atoms with van der Waals surface area (Å²) >= 11 is 0. The summed E-state index contributed by atoms with van der Waals surface area (Å²) in [7, 11) is 0. The van der Waals surface area contributed by atoms with E-state index in [-0.39, 0.29) is 0 Å². The molecule has 0 aliphatic carbocycles. The number of hydrogen-bond donors (Lipinski definition) is 5. The van der Waals surface area contributed by atoms with Crippen molar-refractivity contribution < 1.29 is 39.9 Å². The van der Waals surface area contributed by atoms with Gasteiger partial charge < -0.3 is 25.5 Å². The molecule has 13 heavy (non-hydrogen) atoms. The number of carbonyl (C=O) groups is 3. The van der Waals surface area contributed by atoms with Crippen LogP contribution in [0.1, 0.15) is 0 Å². The van der Waals surface area contributed by atoms with E-state index in [1.54, 1.807) is 0 Å². The van der Waals surface area contributed by atoms with Crippen molar-refractivity contribution in [1.82, 2.24) is 0 Å². The number of carboxylic acid groups (broad SMARTS) is 3. The summed E-state index contributed by atoms with van der Waals surface area (Å²) < 4.78 is 0. The van der Waals surface area contributed by atoms with Gasteiger partial charge in [-0.2, -0.15) is 0 Å². The minimum atomic E-state index is -3.73. The van der Waals surface area contributed by atoms with Gasteiger partial charge in [0.25, 0.3) is 5.60 Å². The van der Waals surface area contributed by atoms with Gasteiger partial charge >= 0.3 is 17.9 Å². The van der Waals surface area contributed by atoms with Crippen molar-refractivity contribution in [3.05, 3.63) is 0 Å². The number of hydrogen-bond acceptors (Lipinski definition) is 5. The lowest BCUT2D eigenvalue weighted by atomic mass is 9.97. The molecular weight excluding hydrogens is 188 g/mol. The van der Waals surface area contributed by atoms with E-state index >= 15 is 0 Å². The molecule has 74 valence electrons. The standard InChI is InChI=1S/C5H6O8/c6-1(2(7)8)5(13,3(9)10)4(11)12/h1,6,13H,(H,7,8)(H,9,10)(H,11,12). The zero-order chi connectivity index (χ0) is 10.8. The van der Waals surface area contributed by atoms with Crippen LogP contribution in [0.2, 0.25) is 0 Å². The lowest BCUT2D eigenvalue weighted by Crippen LogP contribution is -2.58. The highest BCUT2D eigenvalue weighted by molar-refractivity contribution is 6.06. The summed E-state index contributed by atoms with van der Waals surface area (Å²) in [5, 5.41) is 41.8. The van der Waals surface area contributed by atoms with E-state index in [4.69, 9.17) is 25.5 Å². The molecule has 0 radical (unpaired) electrons. The van der Waals surface area contributed by atoms with Crippen molar-refractivity contribution >= 4 is 17.9 Å². The van der Waals surface area contributed by atoms with Crippen LogP contribution in [0.5, 0.6) is 0 Å². The summed E-state index contributed by atoms with van der Waals surface area (Å²) in [6.45, 7) is 0. The fourth-order valence-corrected chi connectivity index (χ4v) is 0.504. The van der Waals surface area contributed by atoms with E-state index in [1.807, 2.05) is 0 Å². The monoisotopic (exact) mass is 194 g/mol. The average Bonchev–Trinajstić information content (AvgIpc) is 2.00. The van der Waals surface area contributed by atoms with E-state index in [2.05, 4.69) is 0 Å². The molecule has 0 aromatic heterocycles. The van der Waals surface area contributed by atoms with Crippen LogP contribution in [-0.2, 0) is 14.4 Å². The van der Waals surface area contributed by atoms with Gasteiger partial charge in [0.2, 0.25) is 6.10 Å².